The summed E-state index contributed by atoms with van der Waals surface area (Å²) in [6, 6.07) is 11.5. The van der Waals surface area contributed by atoms with Crippen LogP contribution in [0.1, 0.15) is 47.8 Å². The van der Waals surface area contributed by atoms with E-state index in [2.05, 4.69) is 41.1 Å². The van der Waals surface area contributed by atoms with E-state index in [0.29, 0.717) is 35.5 Å². The first-order chi connectivity index (χ1) is 16.0. The summed E-state index contributed by atoms with van der Waals surface area (Å²) in [6.07, 6.45) is 5.50. The molecule has 7 heteroatoms. The zero-order valence-electron chi connectivity index (χ0n) is 19.6. The smallest absolute Gasteiger partial charge is 0.256 e. The Balaban J connectivity index is 1.67. The Morgan fingerprint density at radius 2 is 1.97 bits per heavy atom. The number of hydrogen-bond donors (Lipinski definition) is 3. The zero-order chi connectivity index (χ0) is 23.6. The van der Waals surface area contributed by atoms with E-state index in [0.717, 1.165) is 37.2 Å². The highest BCUT2D eigenvalue weighted by molar-refractivity contribution is 6.30. The van der Waals surface area contributed by atoms with Crippen LogP contribution in [0.3, 0.4) is 0 Å². The summed E-state index contributed by atoms with van der Waals surface area (Å²) in [5.41, 5.74) is 7.09. The van der Waals surface area contributed by atoms with E-state index in [1.165, 1.54) is 11.1 Å². The molecule has 2 aromatic rings. The predicted octanol–water partition coefficient (Wildman–Crippen LogP) is 4.47. The molecule has 3 rings (SSSR count). The topological polar surface area (TPSA) is 74.8 Å². The van der Waals surface area contributed by atoms with Gasteiger partial charge in [-0.15, -0.1) is 0 Å². The molecule has 3 N–H and O–H groups in total. The minimum atomic E-state index is -0.183. The van der Waals surface area contributed by atoms with Crippen LogP contribution < -0.4 is 20.8 Å². The second-order valence-electron chi connectivity index (χ2n) is 8.48. The van der Waals surface area contributed by atoms with E-state index in [1.54, 1.807) is 6.08 Å². The molecule has 1 aliphatic heterocycles. The van der Waals surface area contributed by atoms with Gasteiger partial charge in [0.2, 0.25) is 0 Å². The van der Waals surface area contributed by atoms with Gasteiger partial charge in [-0.05, 0) is 86.3 Å². The highest BCUT2D eigenvalue weighted by atomic mass is 35.5. The second-order valence-corrected chi connectivity index (χ2v) is 8.91. The minimum Gasteiger partial charge on any atom is -0.493 e. The van der Waals surface area contributed by atoms with Crippen molar-refractivity contribution in [3.8, 4) is 5.75 Å². The van der Waals surface area contributed by atoms with Crippen LogP contribution in [0.4, 0.5) is 0 Å². The van der Waals surface area contributed by atoms with Crippen LogP contribution in [-0.2, 0) is 19.4 Å². The van der Waals surface area contributed by atoms with E-state index in [4.69, 9.17) is 16.3 Å². The molecule has 0 fully saturated rings. The molecule has 0 saturated heterocycles. The molecule has 1 heterocycles. The third kappa shape index (κ3) is 7.62. The maximum atomic E-state index is 12.9. The SMILES string of the molecule is C/C=C/C(=N\NCc1cc(Cl)ccc1OCC(C)C)NC(=O)c1ccc2c(c1)CCNCC2. The highest BCUT2D eigenvalue weighted by Gasteiger charge is 2.13. The van der Waals surface area contributed by atoms with Crippen molar-refractivity contribution >= 4 is 23.3 Å². The molecular weight excluding hydrogens is 436 g/mol. The average molecular weight is 469 g/mol. The maximum Gasteiger partial charge on any atom is 0.256 e. The van der Waals surface area contributed by atoms with Gasteiger partial charge in [0.1, 0.15) is 5.75 Å². The van der Waals surface area contributed by atoms with Crippen LogP contribution in [0.15, 0.2) is 53.7 Å². The van der Waals surface area contributed by atoms with Gasteiger partial charge in [-0.1, -0.05) is 37.6 Å². The number of amides is 1. The van der Waals surface area contributed by atoms with Gasteiger partial charge in [0.15, 0.2) is 5.84 Å². The van der Waals surface area contributed by atoms with Crippen LogP contribution in [0.5, 0.6) is 5.75 Å². The van der Waals surface area contributed by atoms with Crippen LogP contribution in [0.2, 0.25) is 5.02 Å². The lowest BCUT2D eigenvalue weighted by molar-refractivity contribution is 0.0977. The molecular formula is C26H33ClN4O2. The highest BCUT2D eigenvalue weighted by Crippen LogP contribution is 2.23. The number of hydrazone groups is 1. The Bertz CT molecular complexity index is 1020. The van der Waals surface area contributed by atoms with E-state index in [-0.39, 0.29) is 5.91 Å². The third-order valence-electron chi connectivity index (χ3n) is 5.24. The third-order valence-corrected chi connectivity index (χ3v) is 5.48. The normalized spacial score (nSPS) is 14.2. The summed E-state index contributed by atoms with van der Waals surface area (Å²) in [7, 11) is 0. The second kappa shape index (κ2) is 12.4. The number of amidine groups is 1. The molecule has 2 aromatic carbocycles. The maximum absolute atomic E-state index is 12.9. The van der Waals surface area contributed by atoms with Crippen LogP contribution in [-0.4, -0.2) is 31.4 Å². The molecule has 176 valence electrons. The molecule has 0 saturated carbocycles. The van der Waals surface area contributed by atoms with Gasteiger partial charge in [0, 0.05) is 16.1 Å². The average Bonchev–Trinajstić information content (AvgIpc) is 3.03. The lowest BCUT2D eigenvalue weighted by Crippen LogP contribution is -2.31. The first kappa shape index (κ1) is 24.8. The van der Waals surface area contributed by atoms with Crippen molar-refractivity contribution < 1.29 is 9.53 Å². The van der Waals surface area contributed by atoms with Crippen molar-refractivity contribution in [2.75, 3.05) is 19.7 Å². The summed E-state index contributed by atoms with van der Waals surface area (Å²) in [4.78, 5) is 12.9. The first-order valence-electron chi connectivity index (χ1n) is 11.4. The Morgan fingerprint density at radius 3 is 2.73 bits per heavy atom. The van der Waals surface area contributed by atoms with Gasteiger partial charge < -0.3 is 20.8 Å². The Kier molecular flexibility index (Phi) is 9.34. The number of benzene rings is 2. The molecule has 6 nitrogen and oxygen atoms in total. The van der Waals surface area contributed by atoms with Crippen molar-refractivity contribution in [3.05, 3.63) is 75.8 Å². The van der Waals surface area contributed by atoms with E-state index in [9.17, 15) is 4.79 Å². The molecule has 1 amide bonds. The van der Waals surface area contributed by atoms with Gasteiger partial charge in [-0.2, -0.15) is 5.10 Å². The number of hydrogen-bond acceptors (Lipinski definition) is 5. The zero-order valence-corrected chi connectivity index (χ0v) is 20.3. The Morgan fingerprint density at radius 1 is 1.18 bits per heavy atom. The fourth-order valence-corrected chi connectivity index (χ4v) is 3.76. The molecule has 0 atom stereocenters. The molecule has 0 aliphatic carbocycles. The standard InChI is InChI=1S/C26H33ClN4O2/c1-4-5-25(30-26(32)21-7-6-19-10-12-28-13-11-20(19)14-21)31-29-16-22-15-23(27)8-9-24(22)33-17-18(2)3/h4-9,14-15,18,28-29H,10-13,16-17H2,1-3H3,(H,30,31,32)/b5-4+. The van der Waals surface area contributed by atoms with Crippen molar-refractivity contribution in [2.45, 2.75) is 40.2 Å². The van der Waals surface area contributed by atoms with Gasteiger partial charge in [0.25, 0.3) is 5.91 Å². The molecule has 33 heavy (non-hydrogen) atoms. The molecule has 0 unspecified atom stereocenters. The fourth-order valence-electron chi connectivity index (χ4n) is 3.56. The van der Waals surface area contributed by atoms with Gasteiger partial charge in [-0.25, -0.2) is 0 Å². The molecule has 0 aromatic heterocycles. The number of nitrogens with zero attached hydrogens (tertiary/aromatic N) is 1. The number of nitrogens with one attached hydrogen (secondary N) is 3. The number of fused-ring (bicyclic) bond motifs is 1. The summed E-state index contributed by atoms with van der Waals surface area (Å²) in [5.74, 6) is 1.44. The number of carbonyl (C=O) groups excluding carboxylic acids is 1. The van der Waals surface area contributed by atoms with E-state index >= 15 is 0 Å². The first-order valence-corrected chi connectivity index (χ1v) is 11.8. The number of rotatable bonds is 8. The number of halogens is 1. The monoisotopic (exact) mass is 468 g/mol. The van der Waals surface area contributed by atoms with Crippen LogP contribution in [0, 0.1) is 5.92 Å². The molecule has 1 aliphatic rings. The van der Waals surface area contributed by atoms with Crippen LogP contribution >= 0.6 is 11.6 Å². The van der Waals surface area contributed by atoms with E-state index in [1.807, 2.05) is 43.3 Å². The van der Waals surface area contributed by atoms with Crippen LogP contribution in [0.25, 0.3) is 0 Å². The fraction of sp³-hybridized carbons (Fsp3) is 0.385. The summed E-state index contributed by atoms with van der Waals surface area (Å²) in [6.45, 7) is 9.02. The molecule has 0 radical (unpaired) electrons. The van der Waals surface area contributed by atoms with E-state index < -0.39 is 0 Å². The Hall–Kier alpha value is -2.83. The predicted molar refractivity (Wildman–Crippen MR) is 135 cm³/mol. The quantitative estimate of drug-likeness (QED) is 0.303. The van der Waals surface area contributed by atoms with Crippen molar-refractivity contribution in [2.24, 2.45) is 11.0 Å². The Labute approximate surface area is 201 Å². The summed E-state index contributed by atoms with van der Waals surface area (Å²) >= 11 is 6.18. The lowest BCUT2D eigenvalue weighted by atomic mass is 10.00. The largest absolute Gasteiger partial charge is 0.493 e. The molecule has 0 bridgehead atoms. The minimum absolute atomic E-state index is 0.183. The number of ether oxygens (including phenoxy) is 1. The summed E-state index contributed by atoms with van der Waals surface area (Å²) < 4.78 is 5.90. The molecule has 0 spiro atoms. The van der Waals surface area contributed by atoms with Gasteiger partial charge in [-0.3, -0.25) is 4.79 Å². The van der Waals surface area contributed by atoms with Gasteiger partial charge >= 0.3 is 0 Å². The van der Waals surface area contributed by atoms with Crippen molar-refractivity contribution in [1.82, 2.24) is 16.1 Å². The van der Waals surface area contributed by atoms with Crippen molar-refractivity contribution in [1.29, 1.82) is 0 Å². The number of carbonyl (C=O) groups is 1. The summed E-state index contributed by atoms with van der Waals surface area (Å²) in [5, 5.41) is 11.3. The lowest BCUT2D eigenvalue weighted by Gasteiger charge is -2.14. The van der Waals surface area contributed by atoms with Gasteiger partial charge in [0.05, 0.1) is 13.2 Å². The number of allylic oxidation sites excluding steroid dienone is 1. The van der Waals surface area contributed by atoms with Crippen molar-refractivity contribution in [3.63, 3.8) is 0 Å².